The van der Waals surface area contributed by atoms with Crippen LogP contribution in [-0.4, -0.2) is 12.9 Å². The second-order valence-corrected chi connectivity index (χ2v) is 6.42. The third kappa shape index (κ3) is 2.94. The number of halogens is 2. The van der Waals surface area contributed by atoms with Gasteiger partial charge in [0.2, 0.25) is 0 Å². The van der Waals surface area contributed by atoms with E-state index in [1.54, 1.807) is 13.2 Å². The van der Waals surface area contributed by atoms with Crippen LogP contribution in [0.5, 0.6) is 5.75 Å². The lowest BCUT2D eigenvalue weighted by Crippen LogP contribution is -2.02. The molecule has 94 valence electrons. The van der Waals surface area contributed by atoms with E-state index < -0.39 is 0 Å². The maximum Gasteiger partial charge on any atom is 0.177 e. The van der Waals surface area contributed by atoms with Crippen molar-refractivity contribution in [3.8, 4) is 5.75 Å². The first kappa shape index (κ1) is 13.6. The Balaban J connectivity index is 2.21. The van der Waals surface area contributed by atoms with E-state index in [2.05, 4.69) is 15.9 Å². The van der Waals surface area contributed by atoms with Gasteiger partial charge in [-0.1, -0.05) is 29.8 Å². The molecular weight excluding hydrogens is 336 g/mol. The number of ketones is 1. The zero-order valence-electron chi connectivity index (χ0n) is 9.57. The van der Waals surface area contributed by atoms with Crippen LogP contribution in [0.3, 0.4) is 0 Å². The molecule has 0 radical (unpaired) electrons. The molecule has 0 fully saturated rings. The summed E-state index contributed by atoms with van der Waals surface area (Å²) in [5.41, 5.74) is 0.880. The first-order valence-corrected chi connectivity index (χ1v) is 7.20. The minimum Gasteiger partial charge on any atom is -0.496 e. The number of hydrogen-bond acceptors (Lipinski definition) is 3. The van der Waals surface area contributed by atoms with E-state index in [0.29, 0.717) is 16.3 Å². The lowest BCUT2D eigenvalue weighted by molar-refractivity contribution is 0.0996. The van der Waals surface area contributed by atoms with Crippen LogP contribution in [-0.2, 0) is 6.42 Å². The zero-order valence-corrected chi connectivity index (χ0v) is 12.7. The molecule has 0 aliphatic rings. The molecule has 2 aromatic rings. The summed E-state index contributed by atoms with van der Waals surface area (Å²) in [5, 5.41) is 0.573. The molecule has 0 saturated carbocycles. The normalized spacial score (nSPS) is 10.4. The number of ether oxygens (including phenoxy) is 1. The Kier molecular flexibility index (Phi) is 4.43. The molecule has 1 aromatic carbocycles. The average Bonchev–Trinajstić information content (AvgIpc) is 2.70. The van der Waals surface area contributed by atoms with Crippen molar-refractivity contribution in [3.05, 3.63) is 49.6 Å². The highest BCUT2D eigenvalue weighted by molar-refractivity contribution is 9.11. The summed E-state index contributed by atoms with van der Waals surface area (Å²) in [4.78, 5) is 12.8. The monoisotopic (exact) mass is 344 g/mol. The Hall–Kier alpha value is -0.840. The fourth-order valence-corrected chi connectivity index (χ4v) is 3.23. The van der Waals surface area contributed by atoms with Crippen LogP contribution < -0.4 is 4.74 Å². The Morgan fingerprint density at radius 3 is 2.78 bits per heavy atom. The molecule has 2 rings (SSSR count). The van der Waals surface area contributed by atoms with Gasteiger partial charge in [-0.3, -0.25) is 4.79 Å². The van der Waals surface area contributed by atoms with Gasteiger partial charge < -0.3 is 4.74 Å². The summed E-state index contributed by atoms with van der Waals surface area (Å²) < 4.78 is 6.01. The van der Waals surface area contributed by atoms with E-state index in [9.17, 15) is 4.79 Å². The average molecular weight is 346 g/mol. The number of benzene rings is 1. The van der Waals surface area contributed by atoms with Crippen molar-refractivity contribution in [2.45, 2.75) is 6.42 Å². The van der Waals surface area contributed by atoms with Crippen LogP contribution in [0.25, 0.3) is 0 Å². The molecule has 1 aromatic heterocycles. The van der Waals surface area contributed by atoms with Crippen LogP contribution in [0.15, 0.2) is 34.1 Å². The first-order chi connectivity index (χ1) is 8.61. The summed E-state index contributed by atoms with van der Waals surface area (Å²) >= 11 is 10.6. The Labute approximate surface area is 123 Å². The van der Waals surface area contributed by atoms with E-state index in [1.807, 2.05) is 24.3 Å². The predicted octanol–water partition coefficient (Wildman–Crippen LogP) is 4.60. The van der Waals surface area contributed by atoms with Crippen LogP contribution in [0.4, 0.5) is 0 Å². The largest absolute Gasteiger partial charge is 0.496 e. The van der Waals surface area contributed by atoms with Gasteiger partial charge in [0, 0.05) is 12.0 Å². The number of carbonyl (C=O) groups is 1. The maximum atomic E-state index is 12.1. The minimum atomic E-state index is 0.0390. The van der Waals surface area contributed by atoms with Crippen molar-refractivity contribution in [3.63, 3.8) is 0 Å². The van der Waals surface area contributed by atoms with E-state index in [1.165, 1.54) is 11.3 Å². The van der Waals surface area contributed by atoms with E-state index in [4.69, 9.17) is 16.3 Å². The maximum absolute atomic E-state index is 12.1. The van der Waals surface area contributed by atoms with Gasteiger partial charge in [0.1, 0.15) is 5.75 Å². The quantitative estimate of drug-likeness (QED) is 0.757. The van der Waals surface area contributed by atoms with Crippen LogP contribution in [0, 0.1) is 0 Å². The highest BCUT2D eigenvalue weighted by Crippen LogP contribution is 2.33. The van der Waals surface area contributed by atoms with Crippen LogP contribution in [0.2, 0.25) is 5.02 Å². The number of carbonyl (C=O) groups excluding carboxylic acids is 1. The first-order valence-electron chi connectivity index (χ1n) is 5.21. The molecule has 0 N–H and O–H groups in total. The highest BCUT2D eigenvalue weighted by Gasteiger charge is 2.14. The van der Waals surface area contributed by atoms with Crippen molar-refractivity contribution < 1.29 is 9.53 Å². The molecule has 1 heterocycles. The number of Topliss-reactive ketones (excluding diaryl/α,β-unsaturated/α-hetero) is 1. The fourth-order valence-electron chi connectivity index (χ4n) is 1.59. The molecular formula is C13H10BrClO2S. The van der Waals surface area contributed by atoms with Gasteiger partial charge >= 0.3 is 0 Å². The molecule has 18 heavy (non-hydrogen) atoms. The smallest absolute Gasteiger partial charge is 0.177 e. The molecule has 0 amide bonds. The fraction of sp³-hybridized carbons (Fsp3) is 0.154. The molecule has 0 aliphatic heterocycles. The number of hydrogen-bond donors (Lipinski definition) is 0. The molecule has 0 atom stereocenters. The zero-order chi connectivity index (χ0) is 13.1. The van der Waals surface area contributed by atoms with E-state index in [0.717, 1.165) is 15.1 Å². The van der Waals surface area contributed by atoms with Crippen LogP contribution in [0.1, 0.15) is 15.2 Å². The highest BCUT2D eigenvalue weighted by atomic mass is 79.9. The molecule has 0 spiro atoms. The van der Waals surface area contributed by atoms with Gasteiger partial charge in [-0.05, 0) is 28.1 Å². The summed E-state index contributed by atoms with van der Waals surface area (Å²) in [6.45, 7) is 0. The molecule has 0 bridgehead atoms. The number of methoxy groups -OCH3 is 1. The van der Waals surface area contributed by atoms with E-state index >= 15 is 0 Å². The minimum absolute atomic E-state index is 0.0390. The predicted molar refractivity (Wildman–Crippen MR) is 78.1 cm³/mol. The Morgan fingerprint density at radius 1 is 1.44 bits per heavy atom. The van der Waals surface area contributed by atoms with Crippen molar-refractivity contribution >= 4 is 44.7 Å². The van der Waals surface area contributed by atoms with Gasteiger partial charge in [-0.25, -0.2) is 0 Å². The Morgan fingerprint density at radius 2 is 2.17 bits per heavy atom. The lowest BCUT2D eigenvalue weighted by Gasteiger charge is -2.06. The second-order valence-electron chi connectivity index (χ2n) is 3.64. The molecule has 2 nitrogen and oxygen atoms in total. The third-order valence-electron chi connectivity index (χ3n) is 2.46. The van der Waals surface area contributed by atoms with Gasteiger partial charge in [0.05, 0.1) is 20.8 Å². The van der Waals surface area contributed by atoms with Gasteiger partial charge in [-0.15, -0.1) is 11.3 Å². The molecule has 5 heteroatoms. The molecule has 0 aliphatic carbocycles. The topological polar surface area (TPSA) is 26.3 Å². The molecule has 0 saturated heterocycles. The van der Waals surface area contributed by atoms with Crippen molar-refractivity contribution in [1.29, 1.82) is 0 Å². The number of para-hydroxylation sites is 1. The van der Waals surface area contributed by atoms with Crippen molar-refractivity contribution in [2.75, 3.05) is 7.11 Å². The van der Waals surface area contributed by atoms with Crippen molar-refractivity contribution in [1.82, 2.24) is 0 Å². The summed E-state index contributed by atoms with van der Waals surface area (Å²) in [7, 11) is 1.60. The van der Waals surface area contributed by atoms with Crippen molar-refractivity contribution in [2.24, 2.45) is 0 Å². The van der Waals surface area contributed by atoms with E-state index in [-0.39, 0.29) is 5.78 Å². The summed E-state index contributed by atoms with van der Waals surface area (Å²) in [6, 6.07) is 9.20. The van der Waals surface area contributed by atoms with Gasteiger partial charge in [0.25, 0.3) is 0 Å². The van der Waals surface area contributed by atoms with Crippen LogP contribution >= 0.6 is 38.9 Å². The molecule has 0 unspecified atom stereocenters. The summed E-state index contributed by atoms with van der Waals surface area (Å²) in [5.74, 6) is 0.768. The Bertz CT molecular complexity index is 561. The standard InChI is InChI=1S/C13H10BrClO2S/c1-17-11-5-3-2-4-8(11)6-10(16)12-7-9(15)13(14)18-12/h2-5,7H,6H2,1H3. The van der Waals surface area contributed by atoms with Gasteiger partial charge in [0.15, 0.2) is 5.78 Å². The SMILES string of the molecule is COc1ccccc1CC(=O)c1cc(Cl)c(Br)s1. The van der Waals surface area contributed by atoms with Gasteiger partial charge in [-0.2, -0.15) is 0 Å². The third-order valence-corrected chi connectivity index (χ3v) is 4.98. The second kappa shape index (κ2) is 5.87. The number of rotatable bonds is 4. The lowest BCUT2D eigenvalue weighted by atomic mass is 10.1. The summed E-state index contributed by atoms with van der Waals surface area (Å²) in [6.07, 6.45) is 0.313. The number of thiophene rings is 1.